The highest BCUT2D eigenvalue weighted by Crippen LogP contribution is 2.07. The molecule has 0 saturated carbocycles. The number of benzene rings is 1. The normalized spacial score (nSPS) is 12.5. The molecule has 0 fully saturated rings. The van der Waals surface area contributed by atoms with Crippen LogP contribution in [0.3, 0.4) is 0 Å². The fourth-order valence-electron chi connectivity index (χ4n) is 0.860. The van der Waals surface area contributed by atoms with Crippen LogP contribution in [0.1, 0.15) is 5.56 Å². The molecule has 0 amide bonds. The van der Waals surface area contributed by atoms with Crippen molar-refractivity contribution in [3.8, 4) is 0 Å². The summed E-state index contributed by atoms with van der Waals surface area (Å²) in [6.45, 7) is -3.34. The molecule has 0 unspecified atom stereocenters. The van der Waals surface area contributed by atoms with Gasteiger partial charge in [0.15, 0.2) is 0 Å². The average Bonchev–Trinajstić information content (AvgIpc) is 2.15. The number of rotatable bonds is 4. The SMILES string of the molecule is O=S(=O)(C=Cc1ccccc1)OC(F)F. The lowest BCUT2D eigenvalue weighted by Crippen LogP contribution is -2.06. The highest BCUT2D eigenvalue weighted by Gasteiger charge is 2.13. The van der Waals surface area contributed by atoms with E-state index in [9.17, 15) is 17.2 Å². The van der Waals surface area contributed by atoms with E-state index in [0.29, 0.717) is 11.0 Å². The van der Waals surface area contributed by atoms with E-state index in [1.165, 1.54) is 6.08 Å². The van der Waals surface area contributed by atoms with E-state index < -0.39 is 16.7 Å². The molecule has 0 aliphatic carbocycles. The zero-order valence-electron chi connectivity index (χ0n) is 7.51. The van der Waals surface area contributed by atoms with E-state index in [0.717, 1.165) is 0 Å². The van der Waals surface area contributed by atoms with Crippen LogP contribution in [0.5, 0.6) is 0 Å². The second-order valence-corrected chi connectivity index (χ2v) is 4.01. The van der Waals surface area contributed by atoms with Gasteiger partial charge in [0.25, 0.3) is 10.1 Å². The molecular formula is C9H8F2O3S. The Morgan fingerprint density at radius 1 is 1.20 bits per heavy atom. The molecule has 0 radical (unpaired) electrons. The molecule has 0 bridgehead atoms. The van der Waals surface area contributed by atoms with Crippen molar-refractivity contribution in [2.24, 2.45) is 0 Å². The molecule has 15 heavy (non-hydrogen) atoms. The van der Waals surface area contributed by atoms with Gasteiger partial charge >= 0.3 is 6.61 Å². The summed E-state index contributed by atoms with van der Waals surface area (Å²) < 4.78 is 48.3. The molecule has 3 nitrogen and oxygen atoms in total. The van der Waals surface area contributed by atoms with Crippen LogP contribution in [-0.4, -0.2) is 15.0 Å². The standard InChI is InChI=1S/C9H8F2O3S/c10-9(11)14-15(12,13)7-6-8-4-2-1-3-5-8/h1-7,9H. The zero-order valence-corrected chi connectivity index (χ0v) is 8.32. The van der Waals surface area contributed by atoms with E-state index in [4.69, 9.17) is 0 Å². The van der Waals surface area contributed by atoms with Gasteiger partial charge in [-0.15, -0.1) is 0 Å². The first kappa shape index (κ1) is 11.8. The minimum Gasteiger partial charge on any atom is -0.200 e. The first-order valence-corrected chi connectivity index (χ1v) is 5.41. The van der Waals surface area contributed by atoms with E-state index in [1.807, 2.05) is 0 Å². The number of halogens is 2. The smallest absolute Gasteiger partial charge is 0.200 e. The summed E-state index contributed by atoms with van der Waals surface area (Å²) in [7, 11) is -4.31. The number of hydrogen-bond acceptors (Lipinski definition) is 3. The van der Waals surface area contributed by atoms with Crippen molar-refractivity contribution < 1.29 is 21.4 Å². The first-order chi connectivity index (χ1) is 6.99. The van der Waals surface area contributed by atoms with Crippen LogP contribution >= 0.6 is 0 Å². The third kappa shape index (κ3) is 4.66. The van der Waals surface area contributed by atoms with Crippen molar-refractivity contribution in [3.05, 3.63) is 41.3 Å². The van der Waals surface area contributed by atoms with E-state index >= 15 is 0 Å². The minimum absolute atomic E-state index is 0.582. The molecule has 0 aliphatic rings. The maximum atomic E-state index is 11.6. The van der Waals surface area contributed by atoms with Crippen LogP contribution in [0, 0.1) is 0 Å². The summed E-state index contributed by atoms with van der Waals surface area (Å²) in [6, 6.07) is 8.41. The molecular weight excluding hydrogens is 226 g/mol. The number of hydrogen-bond donors (Lipinski definition) is 0. The van der Waals surface area contributed by atoms with Crippen LogP contribution in [0.4, 0.5) is 8.78 Å². The van der Waals surface area contributed by atoms with Crippen molar-refractivity contribution in [1.29, 1.82) is 0 Å². The lowest BCUT2D eigenvalue weighted by atomic mass is 10.2. The van der Waals surface area contributed by atoms with Gasteiger partial charge in [-0.1, -0.05) is 30.3 Å². The Bertz CT molecular complexity index is 426. The summed E-state index contributed by atoms with van der Waals surface area (Å²) in [5, 5.41) is 0.592. The minimum atomic E-state index is -4.31. The Kier molecular flexibility index (Phi) is 3.93. The maximum absolute atomic E-state index is 11.6. The fourth-order valence-corrected chi connectivity index (χ4v) is 1.45. The molecule has 6 heteroatoms. The Morgan fingerprint density at radius 2 is 1.80 bits per heavy atom. The molecule has 0 saturated heterocycles. The van der Waals surface area contributed by atoms with Gasteiger partial charge in [0.05, 0.1) is 5.41 Å². The lowest BCUT2D eigenvalue weighted by Gasteiger charge is -1.98. The van der Waals surface area contributed by atoms with E-state index in [-0.39, 0.29) is 0 Å². The average molecular weight is 234 g/mol. The van der Waals surface area contributed by atoms with Crippen LogP contribution in [0.25, 0.3) is 6.08 Å². The fraction of sp³-hybridized carbons (Fsp3) is 0.111. The topological polar surface area (TPSA) is 43.4 Å². The van der Waals surface area contributed by atoms with Crippen molar-refractivity contribution >= 4 is 16.2 Å². The molecule has 0 spiro atoms. The van der Waals surface area contributed by atoms with Crippen LogP contribution in [0.2, 0.25) is 0 Å². The molecule has 1 rings (SSSR count). The van der Waals surface area contributed by atoms with Gasteiger partial charge in [-0.2, -0.15) is 21.4 Å². The molecule has 0 N–H and O–H groups in total. The van der Waals surface area contributed by atoms with Crippen molar-refractivity contribution in [1.82, 2.24) is 0 Å². The van der Waals surface area contributed by atoms with Gasteiger partial charge in [0.2, 0.25) is 0 Å². The highest BCUT2D eigenvalue weighted by molar-refractivity contribution is 7.89. The maximum Gasteiger partial charge on any atom is 0.359 e. The van der Waals surface area contributed by atoms with Crippen molar-refractivity contribution in [3.63, 3.8) is 0 Å². The monoisotopic (exact) mass is 234 g/mol. The van der Waals surface area contributed by atoms with E-state index in [1.54, 1.807) is 30.3 Å². The van der Waals surface area contributed by atoms with Gasteiger partial charge in [0.1, 0.15) is 0 Å². The Hall–Kier alpha value is -1.27. The predicted molar refractivity (Wildman–Crippen MR) is 51.5 cm³/mol. The second kappa shape index (κ2) is 4.99. The third-order valence-electron chi connectivity index (χ3n) is 1.43. The van der Waals surface area contributed by atoms with Gasteiger partial charge in [-0.25, -0.2) is 0 Å². The summed E-state index contributed by atoms with van der Waals surface area (Å²) in [5.41, 5.74) is 0.582. The van der Waals surface area contributed by atoms with Crippen LogP contribution in [-0.2, 0) is 14.3 Å². The molecule has 1 aromatic rings. The van der Waals surface area contributed by atoms with Crippen LogP contribution in [0.15, 0.2) is 35.7 Å². The first-order valence-electron chi connectivity index (χ1n) is 3.94. The lowest BCUT2D eigenvalue weighted by molar-refractivity contribution is -0.0432. The largest absolute Gasteiger partial charge is 0.359 e. The predicted octanol–water partition coefficient (Wildman–Crippen LogP) is 2.23. The van der Waals surface area contributed by atoms with Crippen LogP contribution < -0.4 is 0 Å². The summed E-state index contributed by atoms with van der Waals surface area (Å²) in [6.07, 6.45) is 1.18. The van der Waals surface area contributed by atoms with Crippen molar-refractivity contribution in [2.75, 3.05) is 0 Å². The molecule has 0 aliphatic heterocycles. The molecule has 0 heterocycles. The Labute approximate surface area is 86.1 Å². The summed E-state index contributed by atoms with van der Waals surface area (Å²) in [4.78, 5) is 0. The zero-order chi connectivity index (χ0) is 11.3. The van der Waals surface area contributed by atoms with Gasteiger partial charge < -0.3 is 0 Å². The summed E-state index contributed by atoms with van der Waals surface area (Å²) in [5.74, 6) is 0. The van der Waals surface area contributed by atoms with Crippen molar-refractivity contribution in [2.45, 2.75) is 6.61 Å². The molecule has 82 valence electrons. The van der Waals surface area contributed by atoms with Gasteiger partial charge in [0, 0.05) is 0 Å². The van der Waals surface area contributed by atoms with Gasteiger partial charge in [-0.05, 0) is 11.6 Å². The second-order valence-electron chi connectivity index (χ2n) is 2.56. The Morgan fingerprint density at radius 3 is 2.33 bits per heavy atom. The summed E-state index contributed by atoms with van der Waals surface area (Å²) >= 11 is 0. The third-order valence-corrected chi connectivity index (χ3v) is 2.32. The molecule has 0 aromatic heterocycles. The van der Waals surface area contributed by atoms with Gasteiger partial charge in [-0.3, -0.25) is 0 Å². The highest BCUT2D eigenvalue weighted by atomic mass is 32.2. The quantitative estimate of drug-likeness (QED) is 0.750. The van der Waals surface area contributed by atoms with E-state index in [2.05, 4.69) is 4.18 Å². The molecule has 0 atom stereocenters. The molecule has 1 aromatic carbocycles. The number of alkyl halides is 2. The Balaban J connectivity index is 2.74.